The second-order valence-electron chi connectivity index (χ2n) is 4.74. The van der Waals surface area contributed by atoms with E-state index >= 15 is 0 Å². The molecule has 2 rings (SSSR count). The van der Waals surface area contributed by atoms with Crippen LogP contribution < -0.4 is 5.32 Å². The predicted octanol–water partition coefficient (Wildman–Crippen LogP) is 1.73. The Labute approximate surface area is 129 Å². The first-order valence-electron chi connectivity index (χ1n) is 6.61. The van der Waals surface area contributed by atoms with Crippen LogP contribution in [0.15, 0.2) is 40.1 Å². The molecule has 1 aromatic heterocycles. The maximum atomic E-state index is 12.5. The number of nitrogens with zero attached hydrogens (tertiary/aromatic N) is 2. The van der Waals surface area contributed by atoms with Gasteiger partial charge in [-0.3, -0.25) is 0 Å². The first-order chi connectivity index (χ1) is 10.0. The van der Waals surface area contributed by atoms with Crippen molar-refractivity contribution < 1.29 is 8.42 Å². The van der Waals surface area contributed by atoms with E-state index in [0.717, 1.165) is 24.2 Å². The van der Waals surface area contributed by atoms with Gasteiger partial charge in [-0.05, 0) is 37.7 Å². The number of benzene rings is 1. The summed E-state index contributed by atoms with van der Waals surface area (Å²) in [6.07, 6.45) is 0.880. The van der Waals surface area contributed by atoms with Gasteiger partial charge < -0.3 is 5.32 Å². The van der Waals surface area contributed by atoms with Crippen molar-refractivity contribution >= 4 is 21.4 Å². The topological polar surface area (TPSA) is 62.3 Å². The van der Waals surface area contributed by atoms with Crippen molar-refractivity contribution in [2.45, 2.75) is 17.9 Å². The van der Waals surface area contributed by atoms with Crippen LogP contribution in [-0.4, -0.2) is 38.3 Å². The molecule has 0 saturated carbocycles. The molecule has 0 radical (unpaired) electrons. The molecule has 0 atom stereocenters. The molecular formula is C14H19N3O2S2. The number of hydrogen-bond donors (Lipinski definition) is 1. The predicted molar refractivity (Wildman–Crippen MR) is 84.8 cm³/mol. The van der Waals surface area contributed by atoms with Crippen LogP contribution in [0.3, 0.4) is 0 Å². The molecule has 0 fully saturated rings. The SMILES string of the molecule is CNCCc1ccc(S(=O)(=O)N(C)Cc2cscn2)cc1. The van der Waals surface area contributed by atoms with Gasteiger partial charge in [0.25, 0.3) is 0 Å². The molecule has 2 aromatic rings. The third-order valence-electron chi connectivity index (χ3n) is 3.16. The fraction of sp³-hybridized carbons (Fsp3) is 0.357. The Morgan fingerprint density at radius 2 is 2.00 bits per heavy atom. The Morgan fingerprint density at radius 3 is 2.57 bits per heavy atom. The van der Waals surface area contributed by atoms with Gasteiger partial charge in [-0.2, -0.15) is 4.31 Å². The van der Waals surface area contributed by atoms with E-state index in [0.29, 0.717) is 4.90 Å². The summed E-state index contributed by atoms with van der Waals surface area (Å²) in [5.41, 5.74) is 3.58. The summed E-state index contributed by atoms with van der Waals surface area (Å²) in [4.78, 5) is 4.43. The Balaban J connectivity index is 2.11. The van der Waals surface area contributed by atoms with E-state index in [1.165, 1.54) is 15.6 Å². The summed E-state index contributed by atoms with van der Waals surface area (Å²) >= 11 is 1.46. The average molecular weight is 325 g/mol. The Kier molecular flexibility index (Phi) is 5.46. The van der Waals surface area contributed by atoms with E-state index in [1.54, 1.807) is 24.7 Å². The standard InChI is InChI=1S/C14H19N3O2S2/c1-15-8-7-12-3-5-14(6-4-12)21(18,19)17(2)9-13-10-20-11-16-13/h3-6,10-11,15H,7-9H2,1-2H3. The van der Waals surface area contributed by atoms with Crippen LogP contribution in [0.25, 0.3) is 0 Å². The van der Waals surface area contributed by atoms with Gasteiger partial charge >= 0.3 is 0 Å². The van der Waals surface area contributed by atoms with Crippen molar-refractivity contribution in [1.82, 2.24) is 14.6 Å². The quantitative estimate of drug-likeness (QED) is 0.842. The van der Waals surface area contributed by atoms with Gasteiger partial charge in [0.1, 0.15) is 0 Å². The monoisotopic (exact) mass is 325 g/mol. The van der Waals surface area contributed by atoms with Crippen LogP contribution in [0.5, 0.6) is 0 Å². The number of hydrogen-bond acceptors (Lipinski definition) is 5. The van der Waals surface area contributed by atoms with Gasteiger partial charge in [0.2, 0.25) is 10.0 Å². The molecule has 1 N–H and O–H groups in total. The minimum atomic E-state index is -3.47. The molecule has 0 spiro atoms. The summed E-state index contributed by atoms with van der Waals surface area (Å²) in [6.45, 7) is 1.16. The molecule has 114 valence electrons. The van der Waals surface area contributed by atoms with Crippen LogP contribution in [0.4, 0.5) is 0 Å². The van der Waals surface area contributed by atoms with Crippen molar-refractivity contribution in [1.29, 1.82) is 0 Å². The van der Waals surface area contributed by atoms with Gasteiger partial charge in [0.15, 0.2) is 0 Å². The molecule has 0 bridgehead atoms. The molecular weight excluding hydrogens is 306 g/mol. The van der Waals surface area contributed by atoms with Crippen LogP contribution in [-0.2, 0) is 23.0 Å². The molecule has 1 aromatic carbocycles. The molecule has 0 unspecified atom stereocenters. The first-order valence-corrected chi connectivity index (χ1v) is 8.99. The summed E-state index contributed by atoms with van der Waals surface area (Å²) in [7, 11) is -0.00188. The highest BCUT2D eigenvalue weighted by molar-refractivity contribution is 7.89. The number of aromatic nitrogens is 1. The average Bonchev–Trinajstić information content (AvgIpc) is 2.98. The molecule has 0 amide bonds. The highest BCUT2D eigenvalue weighted by Gasteiger charge is 2.21. The summed E-state index contributed by atoms with van der Waals surface area (Å²) < 4.78 is 26.3. The maximum absolute atomic E-state index is 12.5. The third-order valence-corrected chi connectivity index (χ3v) is 5.62. The zero-order chi connectivity index (χ0) is 15.3. The minimum absolute atomic E-state index is 0.285. The number of rotatable bonds is 7. The maximum Gasteiger partial charge on any atom is 0.243 e. The van der Waals surface area contributed by atoms with Crippen molar-refractivity contribution in [3.63, 3.8) is 0 Å². The fourth-order valence-electron chi connectivity index (χ4n) is 1.91. The van der Waals surface area contributed by atoms with Gasteiger partial charge in [-0.25, -0.2) is 13.4 Å². The van der Waals surface area contributed by atoms with Crippen molar-refractivity contribution in [2.75, 3.05) is 20.6 Å². The van der Waals surface area contributed by atoms with Gasteiger partial charge in [-0.15, -0.1) is 11.3 Å². The first kappa shape index (κ1) is 16.1. The molecule has 1 heterocycles. The van der Waals surface area contributed by atoms with Crippen molar-refractivity contribution in [3.05, 3.63) is 46.4 Å². The van der Waals surface area contributed by atoms with Crippen molar-refractivity contribution in [3.8, 4) is 0 Å². The fourth-order valence-corrected chi connectivity index (χ4v) is 3.60. The van der Waals surface area contributed by atoms with Crippen molar-refractivity contribution in [2.24, 2.45) is 0 Å². The van der Waals surface area contributed by atoms with Crippen LogP contribution in [0.2, 0.25) is 0 Å². The van der Waals surface area contributed by atoms with E-state index < -0.39 is 10.0 Å². The van der Waals surface area contributed by atoms with Gasteiger partial charge in [0, 0.05) is 12.4 Å². The van der Waals surface area contributed by atoms with E-state index in [9.17, 15) is 8.42 Å². The molecule has 7 heteroatoms. The Hall–Kier alpha value is -1.28. The normalized spacial score (nSPS) is 12.0. The Morgan fingerprint density at radius 1 is 1.29 bits per heavy atom. The summed E-state index contributed by atoms with van der Waals surface area (Å²) in [5.74, 6) is 0. The lowest BCUT2D eigenvalue weighted by Gasteiger charge is -2.16. The summed E-state index contributed by atoms with van der Waals surface area (Å²) in [5, 5.41) is 4.93. The number of likely N-dealkylation sites (N-methyl/N-ethyl adjacent to an activating group) is 1. The van der Waals surface area contributed by atoms with Crippen LogP contribution in [0.1, 0.15) is 11.3 Å². The second kappa shape index (κ2) is 7.13. The largest absolute Gasteiger partial charge is 0.319 e. The number of thiazole rings is 1. The molecule has 21 heavy (non-hydrogen) atoms. The van der Waals surface area contributed by atoms with E-state index in [2.05, 4.69) is 10.3 Å². The van der Waals surface area contributed by atoms with E-state index in [4.69, 9.17) is 0 Å². The molecule has 0 aliphatic carbocycles. The van der Waals surface area contributed by atoms with Gasteiger partial charge in [-0.1, -0.05) is 12.1 Å². The molecule has 0 saturated heterocycles. The zero-order valence-corrected chi connectivity index (χ0v) is 13.7. The molecule has 0 aliphatic heterocycles. The smallest absolute Gasteiger partial charge is 0.243 e. The number of nitrogens with one attached hydrogen (secondary N) is 1. The lowest BCUT2D eigenvalue weighted by Crippen LogP contribution is -2.26. The lowest BCUT2D eigenvalue weighted by molar-refractivity contribution is 0.463. The molecule has 0 aliphatic rings. The summed E-state index contributed by atoms with van der Waals surface area (Å²) in [6, 6.07) is 7.05. The highest BCUT2D eigenvalue weighted by Crippen LogP contribution is 2.17. The lowest BCUT2D eigenvalue weighted by atomic mass is 10.1. The molecule has 5 nitrogen and oxygen atoms in total. The third kappa shape index (κ3) is 4.10. The van der Waals surface area contributed by atoms with E-state index in [1.807, 2.05) is 24.6 Å². The van der Waals surface area contributed by atoms with Gasteiger partial charge in [0.05, 0.1) is 22.6 Å². The number of sulfonamides is 1. The zero-order valence-electron chi connectivity index (χ0n) is 12.1. The minimum Gasteiger partial charge on any atom is -0.319 e. The van der Waals surface area contributed by atoms with Crippen LogP contribution >= 0.6 is 11.3 Å². The van der Waals surface area contributed by atoms with E-state index in [-0.39, 0.29) is 6.54 Å². The Bertz CT molecular complexity index is 652. The second-order valence-corrected chi connectivity index (χ2v) is 7.50. The van der Waals surface area contributed by atoms with Crippen LogP contribution in [0, 0.1) is 0 Å². The highest BCUT2D eigenvalue weighted by atomic mass is 32.2.